The minimum Gasteiger partial charge on any atom is -0.344 e. The molecule has 0 aliphatic carbocycles. The van der Waals surface area contributed by atoms with Gasteiger partial charge in [0.05, 0.1) is 12.4 Å². The van der Waals surface area contributed by atoms with Gasteiger partial charge in [0.15, 0.2) is 11.2 Å². The summed E-state index contributed by atoms with van der Waals surface area (Å²) in [5, 5.41) is 5.20. The zero-order valence-electron chi connectivity index (χ0n) is 20.5. The standard InChI is InChI=1S/C26H31N5O3S/c1-17(2)15-18-9-11-19(12-10-18)22(20-7-6-14-35-20)28-21(32)8-5-13-31-16-27-24-23(31)25(33)30(4)26(34)29(24)3/h6-7,9-12,14,16-17,22H,5,8,13,15H2,1-4H3,(H,28,32). The highest BCUT2D eigenvalue weighted by molar-refractivity contribution is 7.10. The predicted molar refractivity (Wildman–Crippen MR) is 139 cm³/mol. The highest BCUT2D eigenvalue weighted by Crippen LogP contribution is 2.27. The van der Waals surface area contributed by atoms with Crippen LogP contribution in [0.2, 0.25) is 0 Å². The zero-order chi connectivity index (χ0) is 25.1. The van der Waals surface area contributed by atoms with Crippen molar-refractivity contribution in [3.05, 3.63) is 84.9 Å². The summed E-state index contributed by atoms with van der Waals surface area (Å²) in [6, 6.07) is 12.3. The lowest BCUT2D eigenvalue weighted by Crippen LogP contribution is -2.37. The Kier molecular flexibility index (Phi) is 7.35. The van der Waals surface area contributed by atoms with Crippen LogP contribution in [0.1, 0.15) is 48.7 Å². The van der Waals surface area contributed by atoms with Gasteiger partial charge in [-0.1, -0.05) is 44.2 Å². The first-order valence-electron chi connectivity index (χ1n) is 11.8. The molecule has 0 saturated heterocycles. The van der Waals surface area contributed by atoms with Crippen LogP contribution in [-0.4, -0.2) is 24.6 Å². The summed E-state index contributed by atoms with van der Waals surface area (Å²) in [7, 11) is 3.05. The van der Waals surface area contributed by atoms with Gasteiger partial charge in [0.1, 0.15) is 0 Å². The number of amides is 1. The molecule has 0 fully saturated rings. The highest BCUT2D eigenvalue weighted by Gasteiger charge is 2.19. The number of hydrogen-bond acceptors (Lipinski definition) is 5. The predicted octanol–water partition coefficient (Wildman–Crippen LogP) is 3.38. The largest absolute Gasteiger partial charge is 0.344 e. The maximum Gasteiger partial charge on any atom is 0.332 e. The van der Waals surface area contributed by atoms with Crippen LogP contribution >= 0.6 is 11.3 Å². The number of benzene rings is 1. The Morgan fingerprint density at radius 2 is 1.83 bits per heavy atom. The molecule has 4 aromatic rings. The second-order valence-electron chi connectivity index (χ2n) is 9.27. The summed E-state index contributed by atoms with van der Waals surface area (Å²) in [6.45, 7) is 4.85. The van der Waals surface area contributed by atoms with Crippen molar-refractivity contribution in [2.45, 2.75) is 45.7 Å². The SMILES string of the molecule is CC(C)Cc1ccc(C(NC(=O)CCCn2cnc3c2c(=O)n(C)c(=O)n3C)c2cccs2)cc1. The number of carbonyl (C=O) groups excluding carboxylic acids is 1. The Labute approximate surface area is 207 Å². The first kappa shape index (κ1) is 24.7. The van der Waals surface area contributed by atoms with E-state index in [9.17, 15) is 14.4 Å². The van der Waals surface area contributed by atoms with Crippen LogP contribution in [0.4, 0.5) is 0 Å². The number of aromatic nitrogens is 4. The monoisotopic (exact) mass is 493 g/mol. The minimum atomic E-state index is -0.413. The molecule has 1 unspecified atom stereocenters. The molecule has 35 heavy (non-hydrogen) atoms. The van der Waals surface area contributed by atoms with E-state index in [0.717, 1.165) is 21.4 Å². The van der Waals surface area contributed by atoms with Crippen molar-refractivity contribution in [2.75, 3.05) is 0 Å². The number of thiophene rings is 1. The van der Waals surface area contributed by atoms with Crippen LogP contribution in [0.3, 0.4) is 0 Å². The van der Waals surface area contributed by atoms with Crippen LogP contribution in [0.5, 0.6) is 0 Å². The molecule has 3 aromatic heterocycles. The lowest BCUT2D eigenvalue weighted by atomic mass is 9.98. The number of carbonyl (C=O) groups is 1. The fourth-order valence-electron chi connectivity index (χ4n) is 4.30. The molecule has 184 valence electrons. The van der Waals surface area contributed by atoms with Crippen molar-refractivity contribution >= 4 is 28.4 Å². The molecule has 0 aliphatic rings. The summed E-state index contributed by atoms with van der Waals surface area (Å²) in [6.07, 6.45) is 3.42. The average molecular weight is 494 g/mol. The molecule has 4 rings (SSSR count). The van der Waals surface area contributed by atoms with Gasteiger partial charge in [-0.05, 0) is 41.3 Å². The van der Waals surface area contributed by atoms with Crippen LogP contribution < -0.4 is 16.6 Å². The van der Waals surface area contributed by atoms with Gasteiger partial charge in [-0.3, -0.25) is 18.7 Å². The number of fused-ring (bicyclic) bond motifs is 1. The van der Waals surface area contributed by atoms with Crippen molar-refractivity contribution in [2.24, 2.45) is 20.0 Å². The quantitative estimate of drug-likeness (QED) is 0.387. The van der Waals surface area contributed by atoms with Crippen LogP contribution in [0.15, 0.2) is 57.7 Å². The maximum atomic E-state index is 12.9. The molecule has 0 radical (unpaired) electrons. The Bertz CT molecular complexity index is 1430. The molecule has 1 N–H and O–H groups in total. The molecular weight excluding hydrogens is 462 g/mol. The third-order valence-corrected chi connectivity index (χ3v) is 7.05. The smallest absolute Gasteiger partial charge is 0.332 e. The van der Waals surface area contributed by atoms with E-state index in [2.05, 4.69) is 48.4 Å². The van der Waals surface area contributed by atoms with E-state index in [-0.39, 0.29) is 17.5 Å². The Hall–Kier alpha value is -3.46. The first-order valence-corrected chi connectivity index (χ1v) is 12.7. The van der Waals surface area contributed by atoms with Gasteiger partial charge in [0, 0.05) is 31.9 Å². The highest BCUT2D eigenvalue weighted by atomic mass is 32.1. The maximum absolute atomic E-state index is 12.9. The lowest BCUT2D eigenvalue weighted by molar-refractivity contribution is -0.121. The number of rotatable bonds is 9. The molecule has 1 aromatic carbocycles. The van der Waals surface area contributed by atoms with E-state index >= 15 is 0 Å². The van der Waals surface area contributed by atoms with Gasteiger partial charge in [-0.2, -0.15) is 0 Å². The second-order valence-corrected chi connectivity index (χ2v) is 10.3. The van der Waals surface area contributed by atoms with Gasteiger partial charge < -0.3 is 9.88 Å². The topological polar surface area (TPSA) is 90.9 Å². The Morgan fingerprint density at radius 3 is 2.49 bits per heavy atom. The Balaban J connectivity index is 1.45. The van der Waals surface area contributed by atoms with Gasteiger partial charge in [0.25, 0.3) is 5.56 Å². The third-order valence-electron chi connectivity index (χ3n) is 6.11. The summed E-state index contributed by atoms with van der Waals surface area (Å²) >= 11 is 1.62. The fraction of sp³-hybridized carbons (Fsp3) is 0.385. The number of nitrogens with zero attached hydrogens (tertiary/aromatic N) is 4. The van der Waals surface area contributed by atoms with Crippen molar-refractivity contribution in [1.29, 1.82) is 0 Å². The molecule has 1 amide bonds. The summed E-state index contributed by atoms with van der Waals surface area (Å²) in [5.41, 5.74) is 2.26. The van der Waals surface area contributed by atoms with E-state index in [1.54, 1.807) is 29.3 Å². The summed E-state index contributed by atoms with van der Waals surface area (Å²) < 4.78 is 4.15. The van der Waals surface area contributed by atoms with E-state index < -0.39 is 5.69 Å². The normalized spacial score (nSPS) is 12.4. The minimum absolute atomic E-state index is 0.0561. The lowest BCUT2D eigenvalue weighted by Gasteiger charge is -2.19. The molecule has 3 heterocycles. The van der Waals surface area contributed by atoms with Crippen molar-refractivity contribution < 1.29 is 4.79 Å². The zero-order valence-corrected chi connectivity index (χ0v) is 21.3. The number of imidazole rings is 1. The van der Waals surface area contributed by atoms with Crippen LogP contribution in [0, 0.1) is 5.92 Å². The Morgan fingerprint density at radius 1 is 1.09 bits per heavy atom. The van der Waals surface area contributed by atoms with Gasteiger partial charge >= 0.3 is 5.69 Å². The van der Waals surface area contributed by atoms with Gasteiger partial charge in [0.2, 0.25) is 5.91 Å². The number of aryl methyl sites for hydroxylation is 2. The molecule has 0 aliphatic heterocycles. The van der Waals surface area contributed by atoms with Crippen molar-refractivity contribution in [1.82, 2.24) is 24.0 Å². The molecule has 8 nitrogen and oxygen atoms in total. The fourth-order valence-corrected chi connectivity index (χ4v) is 5.10. The average Bonchev–Trinajstić information content (AvgIpc) is 3.51. The molecular formula is C26H31N5O3S. The first-order chi connectivity index (χ1) is 16.8. The molecule has 0 saturated carbocycles. The second kappa shape index (κ2) is 10.4. The van der Waals surface area contributed by atoms with Crippen LogP contribution in [0.25, 0.3) is 11.2 Å². The molecule has 1 atom stereocenters. The molecule has 9 heteroatoms. The van der Waals surface area contributed by atoms with E-state index in [1.165, 1.54) is 17.2 Å². The molecule has 0 bridgehead atoms. The van der Waals surface area contributed by atoms with Gasteiger partial charge in [-0.25, -0.2) is 9.78 Å². The van der Waals surface area contributed by atoms with Gasteiger partial charge in [-0.15, -0.1) is 11.3 Å². The van der Waals surface area contributed by atoms with Crippen LogP contribution in [-0.2, 0) is 31.9 Å². The van der Waals surface area contributed by atoms with E-state index in [0.29, 0.717) is 36.5 Å². The number of hydrogen-bond donors (Lipinski definition) is 1. The number of nitrogens with one attached hydrogen (secondary N) is 1. The van der Waals surface area contributed by atoms with E-state index in [4.69, 9.17) is 0 Å². The third kappa shape index (κ3) is 5.30. The van der Waals surface area contributed by atoms with Crippen molar-refractivity contribution in [3.63, 3.8) is 0 Å². The molecule has 0 spiro atoms. The summed E-state index contributed by atoms with van der Waals surface area (Å²) in [5.74, 6) is 0.533. The summed E-state index contributed by atoms with van der Waals surface area (Å²) in [4.78, 5) is 43.0. The van der Waals surface area contributed by atoms with E-state index in [1.807, 2.05) is 17.5 Å². The van der Waals surface area contributed by atoms with Crippen molar-refractivity contribution in [3.8, 4) is 0 Å².